The van der Waals surface area contributed by atoms with Crippen LogP contribution in [0.25, 0.3) is 0 Å². The molecular weight excluding hydrogens is 366 g/mol. The SMILES string of the molecule is Cc1cc(C(=O)NCC(c2ccco2)N(C)C)cc(C)c1OCc1cccnc1. The van der Waals surface area contributed by atoms with Crippen LogP contribution in [0, 0.1) is 13.8 Å². The van der Waals surface area contributed by atoms with Crippen molar-refractivity contribution >= 4 is 5.91 Å². The first-order chi connectivity index (χ1) is 14.0. The van der Waals surface area contributed by atoms with E-state index in [4.69, 9.17) is 9.15 Å². The molecular formula is C23H27N3O3. The molecule has 0 aliphatic rings. The number of hydrogen-bond acceptors (Lipinski definition) is 5. The highest BCUT2D eigenvalue weighted by molar-refractivity contribution is 5.94. The summed E-state index contributed by atoms with van der Waals surface area (Å²) in [6.45, 7) is 4.80. The van der Waals surface area contributed by atoms with Crippen LogP contribution >= 0.6 is 0 Å². The molecule has 1 unspecified atom stereocenters. The van der Waals surface area contributed by atoms with Crippen molar-refractivity contribution in [2.45, 2.75) is 26.5 Å². The highest BCUT2D eigenvalue weighted by Gasteiger charge is 2.19. The quantitative estimate of drug-likeness (QED) is 0.629. The molecule has 0 aliphatic carbocycles. The molecule has 3 aromatic rings. The molecule has 29 heavy (non-hydrogen) atoms. The Bertz CT molecular complexity index is 914. The molecule has 0 spiro atoms. The Morgan fingerprint density at radius 3 is 2.55 bits per heavy atom. The molecule has 0 radical (unpaired) electrons. The molecule has 0 bridgehead atoms. The standard InChI is InChI=1S/C23H27N3O3/c1-16-11-19(12-17(2)22(16)29-15-18-7-5-9-24-13-18)23(27)25-14-20(26(3)4)21-8-6-10-28-21/h5-13,20H,14-15H2,1-4H3,(H,25,27). The first kappa shape index (κ1) is 20.6. The minimum atomic E-state index is -0.117. The van der Waals surface area contributed by atoms with E-state index in [1.54, 1.807) is 18.7 Å². The number of pyridine rings is 1. The largest absolute Gasteiger partial charge is 0.488 e. The van der Waals surface area contributed by atoms with Gasteiger partial charge in [-0.25, -0.2) is 0 Å². The van der Waals surface area contributed by atoms with Gasteiger partial charge in [0.1, 0.15) is 18.1 Å². The molecule has 1 aromatic carbocycles. The number of hydrogen-bond donors (Lipinski definition) is 1. The van der Waals surface area contributed by atoms with E-state index in [2.05, 4.69) is 10.3 Å². The third-order valence-electron chi connectivity index (χ3n) is 4.78. The Kier molecular flexibility index (Phi) is 6.67. The van der Waals surface area contributed by atoms with Gasteiger partial charge in [0.05, 0.1) is 12.3 Å². The van der Waals surface area contributed by atoms with Crippen molar-refractivity contribution in [2.75, 3.05) is 20.6 Å². The van der Waals surface area contributed by atoms with Crippen molar-refractivity contribution in [3.05, 3.63) is 83.1 Å². The van der Waals surface area contributed by atoms with Crippen LogP contribution in [0.5, 0.6) is 5.75 Å². The smallest absolute Gasteiger partial charge is 0.251 e. The summed E-state index contributed by atoms with van der Waals surface area (Å²) < 4.78 is 11.5. The number of nitrogens with zero attached hydrogens (tertiary/aromatic N) is 2. The van der Waals surface area contributed by atoms with Crippen molar-refractivity contribution in [1.82, 2.24) is 15.2 Å². The zero-order chi connectivity index (χ0) is 20.8. The Hall–Kier alpha value is -3.12. The number of aromatic nitrogens is 1. The summed E-state index contributed by atoms with van der Waals surface area (Å²) in [6.07, 6.45) is 5.16. The van der Waals surface area contributed by atoms with E-state index in [0.29, 0.717) is 18.7 Å². The minimum Gasteiger partial charge on any atom is -0.488 e. The van der Waals surface area contributed by atoms with E-state index in [1.807, 2.05) is 69.2 Å². The van der Waals surface area contributed by atoms with Crippen LogP contribution in [0.3, 0.4) is 0 Å². The number of nitrogens with one attached hydrogen (secondary N) is 1. The van der Waals surface area contributed by atoms with Gasteiger partial charge in [-0.2, -0.15) is 0 Å². The fourth-order valence-corrected chi connectivity index (χ4v) is 3.26. The second-order valence-electron chi connectivity index (χ2n) is 7.29. The molecule has 152 valence electrons. The van der Waals surface area contributed by atoms with E-state index in [-0.39, 0.29) is 11.9 Å². The molecule has 3 rings (SSSR count). The number of rotatable bonds is 8. The maximum Gasteiger partial charge on any atom is 0.251 e. The maximum absolute atomic E-state index is 12.7. The average molecular weight is 393 g/mol. The minimum absolute atomic E-state index is 0.0294. The number of amides is 1. The van der Waals surface area contributed by atoms with E-state index in [1.165, 1.54) is 0 Å². The first-order valence-electron chi connectivity index (χ1n) is 9.56. The zero-order valence-corrected chi connectivity index (χ0v) is 17.3. The van der Waals surface area contributed by atoms with Crippen LogP contribution in [0.2, 0.25) is 0 Å². The number of likely N-dealkylation sites (N-methyl/N-ethyl adjacent to an activating group) is 1. The van der Waals surface area contributed by atoms with Crippen molar-refractivity contribution in [2.24, 2.45) is 0 Å². The molecule has 0 aliphatic heterocycles. The van der Waals surface area contributed by atoms with Gasteiger partial charge >= 0.3 is 0 Å². The summed E-state index contributed by atoms with van der Waals surface area (Å²) in [7, 11) is 3.92. The lowest BCUT2D eigenvalue weighted by atomic mass is 10.0. The molecule has 2 aromatic heterocycles. The fraction of sp³-hybridized carbons (Fsp3) is 0.304. The second kappa shape index (κ2) is 9.39. The number of aryl methyl sites for hydroxylation is 2. The Balaban J connectivity index is 1.66. The van der Waals surface area contributed by atoms with Crippen molar-refractivity contribution in [1.29, 1.82) is 0 Å². The zero-order valence-electron chi connectivity index (χ0n) is 17.3. The Labute approximate surface area is 171 Å². The summed E-state index contributed by atoms with van der Waals surface area (Å²) >= 11 is 0. The molecule has 1 amide bonds. The first-order valence-corrected chi connectivity index (χ1v) is 9.56. The van der Waals surface area contributed by atoms with Crippen LogP contribution in [0.1, 0.15) is 38.9 Å². The summed E-state index contributed by atoms with van der Waals surface area (Å²) in [5, 5.41) is 3.01. The summed E-state index contributed by atoms with van der Waals surface area (Å²) in [4.78, 5) is 18.8. The highest BCUT2D eigenvalue weighted by atomic mass is 16.5. The number of benzene rings is 1. The molecule has 6 heteroatoms. The molecule has 0 fully saturated rings. The van der Waals surface area contributed by atoms with Crippen LogP contribution in [0.4, 0.5) is 0 Å². The molecule has 0 saturated heterocycles. The normalized spacial score (nSPS) is 12.0. The number of ether oxygens (including phenoxy) is 1. The van der Waals surface area contributed by atoms with Gasteiger partial charge in [0.15, 0.2) is 0 Å². The lowest BCUT2D eigenvalue weighted by molar-refractivity contribution is 0.0939. The number of furan rings is 1. The van der Waals surface area contributed by atoms with Crippen LogP contribution < -0.4 is 10.1 Å². The average Bonchev–Trinajstić information content (AvgIpc) is 3.22. The van der Waals surface area contributed by atoms with Crippen LogP contribution in [0.15, 0.2) is 59.5 Å². The molecule has 0 saturated carbocycles. The Morgan fingerprint density at radius 2 is 1.97 bits per heavy atom. The summed E-state index contributed by atoms with van der Waals surface area (Å²) in [5.41, 5.74) is 3.47. The molecule has 1 atom stereocenters. The van der Waals surface area contributed by atoms with Gasteiger partial charge in [-0.05, 0) is 69.4 Å². The van der Waals surface area contributed by atoms with E-state index in [0.717, 1.165) is 28.2 Å². The Morgan fingerprint density at radius 1 is 1.21 bits per heavy atom. The predicted molar refractivity (Wildman–Crippen MR) is 112 cm³/mol. The van der Waals surface area contributed by atoms with Crippen molar-refractivity contribution < 1.29 is 13.9 Å². The van der Waals surface area contributed by atoms with Gasteiger partial charge in [0.25, 0.3) is 5.91 Å². The predicted octanol–water partition coefficient (Wildman–Crippen LogP) is 3.90. The lowest BCUT2D eigenvalue weighted by Gasteiger charge is -2.22. The van der Waals surface area contributed by atoms with Gasteiger partial charge in [-0.1, -0.05) is 6.07 Å². The highest BCUT2D eigenvalue weighted by Crippen LogP contribution is 2.26. The van der Waals surface area contributed by atoms with Gasteiger partial charge in [-0.15, -0.1) is 0 Å². The van der Waals surface area contributed by atoms with Crippen molar-refractivity contribution in [3.8, 4) is 5.75 Å². The molecule has 1 N–H and O–H groups in total. The van der Waals surface area contributed by atoms with E-state index < -0.39 is 0 Å². The van der Waals surface area contributed by atoms with Gasteiger partial charge in [-0.3, -0.25) is 14.7 Å². The fourth-order valence-electron chi connectivity index (χ4n) is 3.26. The van der Waals surface area contributed by atoms with Crippen molar-refractivity contribution in [3.63, 3.8) is 0 Å². The van der Waals surface area contributed by atoms with E-state index >= 15 is 0 Å². The van der Waals surface area contributed by atoms with Gasteiger partial charge in [0.2, 0.25) is 0 Å². The lowest BCUT2D eigenvalue weighted by Crippen LogP contribution is -2.34. The van der Waals surface area contributed by atoms with Gasteiger partial charge < -0.3 is 14.5 Å². The second-order valence-corrected chi connectivity index (χ2v) is 7.29. The topological polar surface area (TPSA) is 67.6 Å². The third-order valence-corrected chi connectivity index (χ3v) is 4.78. The number of carbonyl (C=O) groups excluding carboxylic acids is 1. The summed E-state index contributed by atoms with van der Waals surface area (Å²) in [6, 6.07) is 11.3. The number of carbonyl (C=O) groups is 1. The summed E-state index contributed by atoms with van der Waals surface area (Å²) in [5.74, 6) is 1.50. The third kappa shape index (κ3) is 5.23. The maximum atomic E-state index is 12.7. The van der Waals surface area contributed by atoms with Crippen LogP contribution in [-0.4, -0.2) is 36.4 Å². The van der Waals surface area contributed by atoms with Crippen LogP contribution in [-0.2, 0) is 6.61 Å². The van der Waals surface area contributed by atoms with Gasteiger partial charge in [0, 0.05) is 30.1 Å². The monoisotopic (exact) mass is 393 g/mol. The van der Waals surface area contributed by atoms with E-state index in [9.17, 15) is 4.79 Å². The molecule has 6 nitrogen and oxygen atoms in total. The molecule has 2 heterocycles.